The highest BCUT2D eigenvalue weighted by atomic mass is 79.9. The molecule has 1 unspecified atom stereocenters. The van der Waals surface area contributed by atoms with Gasteiger partial charge in [0.1, 0.15) is 6.10 Å². The monoisotopic (exact) mass is 382 g/mol. The number of hydrogen-bond donors (Lipinski definition) is 2. The van der Waals surface area contributed by atoms with Crippen molar-refractivity contribution in [2.75, 3.05) is 5.32 Å². The highest BCUT2D eigenvalue weighted by Crippen LogP contribution is 2.31. The molecule has 0 aliphatic carbocycles. The number of hydrogen-bond acceptors (Lipinski definition) is 3. The van der Waals surface area contributed by atoms with Crippen LogP contribution in [-0.4, -0.2) is 16.0 Å². The van der Waals surface area contributed by atoms with E-state index in [1.54, 1.807) is 36.7 Å². The van der Waals surface area contributed by atoms with Gasteiger partial charge in [-0.3, -0.25) is 9.78 Å². The predicted molar refractivity (Wildman–Crippen MR) is 96.8 cm³/mol. The van der Waals surface area contributed by atoms with Gasteiger partial charge in [0.05, 0.1) is 0 Å². The summed E-state index contributed by atoms with van der Waals surface area (Å²) in [6.45, 7) is 0. The van der Waals surface area contributed by atoms with Crippen LogP contribution in [-0.2, 0) is 0 Å². The molecule has 0 spiro atoms. The largest absolute Gasteiger partial charge is 0.384 e. The molecule has 24 heavy (non-hydrogen) atoms. The maximum atomic E-state index is 12.4. The molecule has 4 nitrogen and oxygen atoms in total. The number of anilines is 1. The molecule has 0 radical (unpaired) electrons. The molecule has 0 aliphatic rings. The molecule has 1 aromatic heterocycles. The van der Waals surface area contributed by atoms with E-state index in [0.717, 1.165) is 10.0 Å². The Kier molecular flexibility index (Phi) is 5.03. The standard InChI is InChI=1S/C19H15BrN2O2/c20-15-6-7-17(22-19(24)14-8-10-21-11-9-14)16(12-15)18(23)13-4-2-1-3-5-13/h1-12,18,23H,(H,22,24). The van der Waals surface area contributed by atoms with Crippen molar-refractivity contribution in [2.45, 2.75) is 6.10 Å². The normalized spacial score (nSPS) is 11.8. The van der Waals surface area contributed by atoms with Crippen LogP contribution in [0.25, 0.3) is 0 Å². The van der Waals surface area contributed by atoms with Crippen molar-refractivity contribution in [3.05, 3.63) is 94.2 Å². The Bertz CT molecular complexity index is 839. The Morgan fingerprint density at radius 3 is 2.46 bits per heavy atom. The Morgan fingerprint density at radius 2 is 1.75 bits per heavy atom. The number of nitrogens with zero attached hydrogens (tertiary/aromatic N) is 1. The number of aliphatic hydroxyl groups is 1. The average molecular weight is 383 g/mol. The first-order valence-electron chi connectivity index (χ1n) is 7.39. The van der Waals surface area contributed by atoms with Gasteiger partial charge in [-0.05, 0) is 35.9 Å². The zero-order chi connectivity index (χ0) is 16.9. The number of aromatic nitrogens is 1. The van der Waals surface area contributed by atoms with Crippen molar-refractivity contribution in [1.82, 2.24) is 4.98 Å². The molecular weight excluding hydrogens is 368 g/mol. The van der Waals surface area contributed by atoms with Gasteiger partial charge in [0.25, 0.3) is 5.91 Å². The Morgan fingerprint density at radius 1 is 1.04 bits per heavy atom. The van der Waals surface area contributed by atoms with Crippen molar-refractivity contribution in [1.29, 1.82) is 0 Å². The van der Waals surface area contributed by atoms with E-state index in [2.05, 4.69) is 26.2 Å². The van der Waals surface area contributed by atoms with Crippen molar-refractivity contribution in [3.63, 3.8) is 0 Å². The van der Waals surface area contributed by atoms with E-state index in [0.29, 0.717) is 16.8 Å². The number of halogens is 1. The molecule has 0 fully saturated rings. The SMILES string of the molecule is O=C(Nc1ccc(Br)cc1C(O)c1ccccc1)c1ccncc1. The van der Waals surface area contributed by atoms with Crippen LogP contribution in [0.15, 0.2) is 77.5 Å². The second-order valence-corrected chi connectivity index (χ2v) is 6.15. The number of pyridine rings is 1. The Hall–Kier alpha value is -2.50. The minimum absolute atomic E-state index is 0.249. The Labute approximate surface area is 148 Å². The lowest BCUT2D eigenvalue weighted by Crippen LogP contribution is -2.14. The highest BCUT2D eigenvalue weighted by Gasteiger charge is 2.17. The molecule has 0 saturated heterocycles. The van der Waals surface area contributed by atoms with Crippen molar-refractivity contribution in [2.24, 2.45) is 0 Å². The number of carbonyl (C=O) groups excluding carboxylic acids is 1. The van der Waals surface area contributed by atoms with Crippen LogP contribution in [0.4, 0.5) is 5.69 Å². The maximum absolute atomic E-state index is 12.4. The van der Waals surface area contributed by atoms with Crippen molar-refractivity contribution in [3.8, 4) is 0 Å². The average Bonchev–Trinajstić information content (AvgIpc) is 2.64. The molecule has 0 bridgehead atoms. The van der Waals surface area contributed by atoms with E-state index < -0.39 is 6.10 Å². The first-order valence-corrected chi connectivity index (χ1v) is 8.18. The summed E-state index contributed by atoms with van der Waals surface area (Å²) in [6.07, 6.45) is 2.29. The molecule has 1 heterocycles. The number of nitrogens with one attached hydrogen (secondary N) is 1. The van der Waals surface area contributed by atoms with Gasteiger partial charge in [-0.1, -0.05) is 46.3 Å². The number of benzene rings is 2. The third-order valence-corrected chi connectivity index (χ3v) is 4.11. The predicted octanol–water partition coefficient (Wildman–Crippen LogP) is 4.18. The second-order valence-electron chi connectivity index (χ2n) is 5.23. The summed E-state index contributed by atoms with van der Waals surface area (Å²) in [7, 11) is 0. The minimum atomic E-state index is -0.837. The maximum Gasteiger partial charge on any atom is 0.255 e. The zero-order valence-electron chi connectivity index (χ0n) is 12.7. The summed E-state index contributed by atoms with van der Waals surface area (Å²) >= 11 is 3.42. The molecule has 1 amide bonds. The second kappa shape index (κ2) is 7.38. The van der Waals surface area contributed by atoms with Gasteiger partial charge in [0, 0.05) is 33.7 Å². The number of amides is 1. The van der Waals surface area contributed by atoms with E-state index in [4.69, 9.17) is 0 Å². The van der Waals surface area contributed by atoms with Crippen LogP contribution in [0.5, 0.6) is 0 Å². The smallest absolute Gasteiger partial charge is 0.255 e. The topological polar surface area (TPSA) is 62.2 Å². The van der Waals surface area contributed by atoms with E-state index in [9.17, 15) is 9.90 Å². The van der Waals surface area contributed by atoms with Crippen LogP contribution < -0.4 is 5.32 Å². The fourth-order valence-electron chi connectivity index (χ4n) is 2.39. The van der Waals surface area contributed by atoms with Crippen LogP contribution in [0.3, 0.4) is 0 Å². The van der Waals surface area contributed by atoms with Gasteiger partial charge in [0.15, 0.2) is 0 Å². The molecule has 2 N–H and O–H groups in total. The van der Waals surface area contributed by atoms with Gasteiger partial charge in [-0.2, -0.15) is 0 Å². The van der Waals surface area contributed by atoms with Gasteiger partial charge < -0.3 is 10.4 Å². The first-order chi connectivity index (χ1) is 11.6. The number of carbonyl (C=O) groups is 1. The lowest BCUT2D eigenvalue weighted by molar-refractivity contribution is 0.102. The van der Waals surface area contributed by atoms with Crippen molar-refractivity contribution < 1.29 is 9.90 Å². The van der Waals surface area contributed by atoms with Gasteiger partial charge in [0.2, 0.25) is 0 Å². The zero-order valence-corrected chi connectivity index (χ0v) is 14.3. The van der Waals surface area contributed by atoms with E-state index in [1.165, 1.54) is 0 Å². The van der Waals surface area contributed by atoms with Crippen LogP contribution >= 0.6 is 15.9 Å². The fraction of sp³-hybridized carbons (Fsp3) is 0.0526. The summed E-state index contributed by atoms with van der Waals surface area (Å²) < 4.78 is 0.828. The number of rotatable bonds is 4. The van der Waals surface area contributed by atoms with E-state index in [1.807, 2.05) is 36.4 Å². The molecule has 120 valence electrons. The minimum Gasteiger partial charge on any atom is -0.384 e. The molecule has 1 atom stereocenters. The molecule has 5 heteroatoms. The molecule has 0 aliphatic heterocycles. The molecule has 2 aromatic carbocycles. The van der Waals surface area contributed by atoms with E-state index >= 15 is 0 Å². The summed E-state index contributed by atoms with van der Waals surface area (Å²) in [6, 6.07) is 18.0. The fourth-order valence-corrected chi connectivity index (χ4v) is 2.77. The Balaban J connectivity index is 1.93. The van der Waals surface area contributed by atoms with Gasteiger partial charge >= 0.3 is 0 Å². The molecule has 3 rings (SSSR count). The van der Waals surface area contributed by atoms with Gasteiger partial charge in [-0.15, -0.1) is 0 Å². The third kappa shape index (κ3) is 3.69. The highest BCUT2D eigenvalue weighted by molar-refractivity contribution is 9.10. The molecule has 3 aromatic rings. The lowest BCUT2D eigenvalue weighted by atomic mass is 10.00. The van der Waals surface area contributed by atoms with Gasteiger partial charge in [-0.25, -0.2) is 0 Å². The summed E-state index contributed by atoms with van der Waals surface area (Å²) in [5, 5.41) is 13.6. The summed E-state index contributed by atoms with van der Waals surface area (Å²) in [5.74, 6) is -0.249. The number of aliphatic hydroxyl groups excluding tert-OH is 1. The van der Waals surface area contributed by atoms with Crippen LogP contribution in [0, 0.1) is 0 Å². The third-order valence-electron chi connectivity index (χ3n) is 3.61. The molecular formula is C19H15BrN2O2. The quantitative estimate of drug-likeness (QED) is 0.711. The lowest BCUT2D eigenvalue weighted by Gasteiger charge is -2.17. The van der Waals surface area contributed by atoms with Crippen LogP contribution in [0.2, 0.25) is 0 Å². The summed E-state index contributed by atoms with van der Waals surface area (Å²) in [5.41, 5.74) is 2.46. The molecule has 0 saturated carbocycles. The summed E-state index contributed by atoms with van der Waals surface area (Å²) in [4.78, 5) is 16.3. The van der Waals surface area contributed by atoms with Crippen molar-refractivity contribution >= 4 is 27.5 Å². The van der Waals surface area contributed by atoms with E-state index in [-0.39, 0.29) is 5.91 Å². The first kappa shape index (κ1) is 16.4. The van der Waals surface area contributed by atoms with Crippen LogP contribution in [0.1, 0.15) is 27.6 Å².